The van der Waals surface area contributed by atoms with Crippen LogP contribution < -0.4 is 10.1 Å². The van der Waals surface area contributed by atoms with Gasteiger partial charge in [0.1, 0.15) is 11.8 Å². The summed E-state index contributed by atoms with van der Waals surface area (Å²) in [6.45, 7) is 3.73. The van der Waals surface area contributed by atoms with Crippen molar-refractivity contribution >= 4 is 50.9 Å². The van der Waals surface area contributed by atoms with Crippen molar-refractivity contribution in [2.75, 3.05) is 13.7 Å². The van der Waals surface area contributed by atoms with E-state index in [1.807, 2.05) is 18.2 Å². The Labute approximate surface area is 189 Å². The number of carbonyl (C=O) groups excluding carboxylic acids is 2. The highest BCUT2D eigenvalue weighted by atomic mass is 79.9. The molecule has 2 amide bonds. The van der Waals surface area contributed by atoms with Crippen LogP contribution in [0, 0.1) is 0 Å². The minimum atomic E-state index is -0.684. The van der Waals surface area contributed by atoms with Gasteiger partial charge in [0, 0.05) is 13.6 Å². The predicted octanol–water partition coefficient (Wildman–Crippen LogP) is 4.86. The van der Waals surface area contributed by atoms with E-state index in [0.717, 1.165) is 22.0 Å². The summed E-state index contributed by atoms with van der Waals surface area (Å²) in [5.74, 6) is -0.0248. The van der Waals surface area contributed by atoms with Gasteiger partial charge in [-0.05, 0) is 64.7 Å². The molecule has 0 bridgehead atoms. The Bertz CT molecular complexity index is 892. The molecule has 0 radical (unpaired) electrons. The normalized spacial score (nSPS) is 11.7. The van der Waals surface area contributed by atoms with Crippen molar-refractivity contribution in [3.8, 4) is 5.75 Å². The molecule has 29 heavy (non-hydrogen) atoms. The van der Waals surface area contributed by atoms with Gasteiger partial charge < -0.3 is 15.0 Å². The van der Waals surface area contributed by atoms with Crippen LogP contribution in [0.15, 0.2) is 40.9 Å². The standard InChI is InChI=1S/C21H23BrCl2N2O3/c1-4-14-6-8-19(16(22)9-14)29-12-20(27)26(13(2)21(28)25-3)11-15-5-7-17(23)18(24)10-15/h5-10,13H,4,11-12H2,1-3H3,(H,25,28)/t13-/m1/s1. The van der Waals surface area contributed by atoms with Gasteiger partial charge in [-0.15, -0.1) is 0 Å². The van der Waals surface area contributed by atoms with Gasteiger partial charge in [-0.3, -0.25) is 9.59 Å². The molecule has 0 fully saturated rings. The Hall–Kier alpha value is -1.76. The predicted molar refractivity (Wildman–Crippen MR) is 120 cm³/mol. The van der Waals surface area contributed by atoms with E-state index in [4.69, 9.17) is 27.9 Å². The van der Waals surface area contributed by atoms with Crippen LogP contribution in [-0.2, 0) is 22.6 Å². The fourth-order valence-corrected chi connectivity index (χ4v) is 3.59. The fourth-order valence-electron chi connectivity index (χ4n) is 2.73. The maximum atomic E-state index is 12.9. The SMILES string of the molecule is CCc1ccc(OCC(=O)N(Cc2ccc(Cl)c(Cl)c2)[C@H](C)C(=O)NC)c(Br)c1. The molecule has 5 nitrogen and oxygen atoms in total. The summed E-state index contributed by atoms with van der Waals surface area (Å²) in [6.07, 6.45) is 0.902. The zero-order valence-corrected chi connectivity index (χ0v) is 19.6. The van der Waals surface area contributed by atoms with Crippen LogP contribution in [0.25, 0.3) is 0 Å². The first kappa shape index (κ1) is 23.5. The van der Waals surface area contributed by atoms with E-state index in [2.05, 4.69) is 28.2 Å². The van der Waals surface area contributed by atoms with Crippen molar-refractivity contribution < 1.29 is 14.3 Å². The van der Waals surface area contributed by atoms with Gasteiger partial charge >= 0.3 is 0 Å². The molecule has 0 saturated heterocycles. The van der Waals surface area contributed by atoms with Crippen molar-refractivity contribution in [1.29, 1.82) is 0 Å². The quantitative estimate of drug-likeness (QED) is 0.561. The lowest BCUT2D eigenvalue weighted by molar-refractivity contribution is -0.142. The van der Waals surface area contributed by atoms with E-state index in [1.165, 1.54) is 11.9 Å². The number of likely N-dealkylation sites (N-methyl/N-ethyl adjacent to an activating group) is 1. The number of amides is 2. The number of ether oxygens (including phenoxy) is 1. The molecule has 0 aromatic heterocycles. The van der Waals surface area contributed by atoms with Crippen molar-refractivity contribution in [1.82, 2.24) is 10.2 Å². The van der Waals surface area contributed by atoms with E-state index >= 15 is 0 Å². The Morgan fingerprint density at radius 2 is 1.83 bits per heavy atom. The van der Waals surface area contributed by atoms with Gasteiger partial charge in [-0.2, -0.15) is 0 Å². The minimum Gasteiger partial charge on any atom is -0.483 e. The molecule has 0 spiro atoms. The first-order valence-corrected chi connectivity index (χ1v) is 10.7. The molecule has 0 heterocycles. The molecule has 2 aromatic rings. The summed E-state index contributed by atoms with van der Waals surface area (Å²) in [7, 11) is 1.53. The van der Waals surface area contributed by atoms with Gasteiger partial charge in [0.25, 0.3) is 5.91 Å². The lowest BCUT2D eigenvalue weighted by Crippen LogP contribution is -2.48. The number of halogens is 3. The average molecular weight is 502 g/mol. The zero-order valence-electron chi connectivity index (χ0n) is 16.5. The van der Waals surface area contributed by atoms with Crippen molar-refractivity contribution in [2.24, 2.45) is 0 Å². The Kier molecular flexibility index (Phi) is 8.80. The first-order chi connectivity index (χ1) is 13.8. The van der Waals surface area contributed by atoms with Crippen LogP contribution in [0.4, 0.5) is 0 Å². The third kappa shape index (κ3) is 6.36. The zero-order chi connectivity index (χ0) is 21.6. The number of benzene rings is 2. The highest BCUT2D eigenvalue weighted by molar-refractivity contribution is 9.10. The maximum absolute atomic E-state index is 12.9. The third-order valence-electron chi connectivity index (χ3n) is 4.51. The Balaban J connectivity index is 2.17. The van der Waals surface area contributed by atoms with Crippen molar-refractivity contribution in [3.05, 3.63) is 62.0 Å². The topological polar surface area (TPSA) is 58.6 Å². The summed E-state index contributed by atoms with van der Waals surface area (Å²) >= 11 is 15.5. The van der Waals surface area contributed by atoms with E-state index in [0.29, 0.717) is 15.8 Å². The van der Waals surface area contributed by atoms with Gasteiger partial charge in [0.2, 0.25) is 5.91 Å². The first-order valence-electron chi connectivity index (χ1n) is 9.13. The molecule has 8 heteroatoms. The lowest BCUT2D eigenvalue weighted by Gasteiger charge is -2.28. The molecular formula is C21H23BrCl2N2O3. The van der Waals surface area contributed by atoms with Gasteiger partial charge in [-0.1, -0.05) is 42.3 Å². The largest absolute Gasteiger partial charge is 0.483 e. The second kappa shape index (κ2) is 10.9. The summed E-state index contributed by atoms with van der Waals surface area (Å²) in [5, 5.41) is 3.39. The van der Waals surface area contributed by atoms with Gasteiger partial charge in [0.15, 0.2) is 6.61 Å². The van der Waals surface area contributed by atoms with Crippen LogP contribution in [0.2, 0.25) is 10.0 Å². The van der Waals surface area contributed by atoms with Crippen LogP contribution in [0.5, 0.6) is 5.75 Å². The van der Waals surface area contributed by atoms with Crippen LogP contribution in [0.1, 0.15) is 25.0 Å². The molecule has 2 rings (SSSR count). The lowest BCUT2D eigenvalue weighted by atomic mass is 10.1. The third-order valence-corrected chi connectivity index (χ3v) is 5.87. The summed E-state index contributed by atoms with van der Waals surface area (Å²) in [4.78, 5) is 26.5. The van der Waals surface area contributed by atoms with Crippen LogP contribution in [0.3, 0.4) is 0 Å². The number of hydrogen-bond donors (Lipinski definition) is 1. The van der Waals surface area contributed by atoms with Crippen molar-refractivity contribution in [2.45, 2.75) is 32.9 Å². The molecule has 0 aliphatic carbocycles. The number of hydrogen-bond acceptors (Lipinski definition) is 3. The molecule has 0 saturated carbocycles. The number of nitrogens with zero attached hydrogens (tertiary/aromatic N) is 1. The van der Waals surface area contributed by atoms with Crippen LogP contribution >= 0.6 is 39.1 Å². The van der Waals surface area contributed by atoms with E-state index < -0.39 is 6.04 Å². The molecular weight excluding hydrogens is 479 g/mol. The van der Waals surface area contributed by atoms with Gasteiger partial charge in [0.05, 0.1) is 14.5 Å². The average Bonchev–Trinajstić information content (AvgIpc) is 2.72. The Morgan fingerprint density at radius 1 is 1.14 bits per heavy atom. The number of aryl methyl sites for hydroxylation is 1. The number of rotatable bonds is 8. The van der Waals surface area contributed by atoms with Crippen LogP contribution in [-0.4, -0.2) is 36.4 Å². The van der Waals surface area contributed by atoms with Crippen molar-refractivity contribution in [3.63, 3.8) is 0 Å². The molecule has 0 aliphatic rings. The molecule has 156 valence electrons. The second-order valence-electron chi connectivity index (χ2n) is 6.47. The molecule has 2 aromatic carbocycles. The van der Waals surface area contributed by atoms with E-state index in [9.17, 15) is 9.59 Å². The summed E-state index contributed by atoms with van der Waals surface area (Å²) in [5.41, 5.74) is 1.92. The number of carbonyl (C=O) groups is 2. The maximum Gasteiger partial charge on any atom is 0.261 e. The van der Waals surface area contributed by atoms with E-state index in [-0.39, 0.29) is 25.0 Å². The minimum absolute atomic E-state index is 0.198. The number of nitrogens with one attached hydrogen (secondary N) is 1. The highest BCUT2D eigenvalue weighted by Gasteiger charge is 2.26. The molecule has 0 aliphatic heterocycles. The van der Waals surface area contributed by atoms with Gasteiger partial charge in [-0.25, -0.2) is 0 Å². The highest BCUT2D eigenvalue weighted by Crippen LogP contribution is 2.27. The molecule has 1 atom stereocenters. The smallest absolute Gasteiger partial charge is 0.261 e. The summed E-state index contributed by atoms with van der Waals surface area (Å²) < 4.78 is 6.48. The Morgan fingerprint density at radius 3 is 2.41 bits per heavy atom. The van der Waals surface area contributed by atoms with E-state index in [1.54, 1.807) is 25.1 Å². The monoisotopic (exact) mass is 500 g/mol. The second-order valence-corrected chi connectivity index (χ2v) is 8.14. The fraction of sp³-hybridized carbons (Fsp3) is 0.333. The molecule has 0 unspecified atom stereocenters. The summed E-state index contributed by atoms with van der Waals surface area (Å²) in [6, 6.07) is 10.2. The molecule has 1 N–H and O–H groups in total.